The normalized spacial score (nSPS) is 22.2. The molecule has 2 fully saturated rings. The van der Waals surface area contributed by atoms with E-state index in [-0.39, 0.29) is 82.6 Å². The van der Waals surface area contributed by atoms with Crippen LogP contribution >= 0.6 is 11.8 Å². The van der Waals surface area contributed by atoms with Crippen molar-refractivity contribution >= 4 is 80.9 Å². The van der Waals surface area contributed by atoms with Crippen molar-refractivity contribution in [3.05, 3.63) is 120 Å². The third kappa shape index (κ3) is 18.3. The number of aromatic amines is 2. The molecule has 9 rings (SSSR count). The summed E-state index contributed by atoms with van der Waals surface area (Å²) in [6, 6.07) is 13.8. The zero-order chi connectivity index (χ0) is 61.1. The highest BCUT2D eigenvalue weighted by Crippen LogP contribution is 2.33. The zero-order valence-corrected chi connectivity index (χ0v) is 48.9. The molecule has 1 unspecified atom stereocenters. The van der Waals surface area contributed by atoms with Gasteiger partial charge >= 0.3 is 6.03 Å². The number of aryl methyl sites for hydroxylation is 1. The molecular formula is C60H75FN14O11S. The monoisotopic (exact) mass is 1220 g/mol. The summed E-state index contributed by atoms with van der Waals surface area (Å²) in [5, 5.41) is 33.2. The van der Waals surface area contributed by atoms with Crippen molar-refractivity contribution in [1.29, 1.82) is 0 Å². The Labute approximate surface area is 505 Å². The molecular weight excluding hydrogens is 1140 g/mol. The Morgan fingerprint density at radius 3 is 1.99 bits per heavy atom. The van der Waals surface area contributed by atoms with Crippen LogP contribution in [0.5, 0.6) is 0 Å². The second-order valence-electron chi connectivity index (χ2n) is 21.9. The minimum absolute atomic E-state index is 0.0262. The molecule has 3 aliphatic rings. The number of nitrogens with two attached hydrogens (primary N) is 1. The Morgan fingerprint density at radius 2 is 1.31 bits per heavy atom. The fourth-order valence-corrected chi connectivity index (χ4v) is 12.5. The summed E-state index contributed by atoms with van der Waals surface area (Å²) in [6.45, 7) is 1.14. The summed E-state index contributed by atoms with van der Waals surface area (Å²) in [7, 11) is 0. The second kappa shape index (κ2) is 31.3. The van der Waals surface area contributed by atoms with E-state index in [4.69, 9.17) is 19.9 Å². The Kier molecular flexibility index (Phi) is 22.7. The molecule has 0 saturated carbocycles. The van der Waals surface area contributed by atoms with Crippen LogP contribution in [0.2, 0.25) is 0 Å². The lowest BCUT2D eigenvalue weighted by atomic mass is 10.00. The average Bonchev–Trinajstić information content (AvgIpc) is 2.51. The predicted octanol–water partition coefficient (Wildman–Crippen LogP) is 1.64. The maximum absolute atomic E-state index is 15.1. The Balaban J connectivity index is 0.844. The van der Waals surface area contributed by atoms with Crippen molar-refractivity contribution in [1.82, 2.24) is 67.5 Å². The van der Waals surface area contributed by atoms with E-state index in [0.29, 0.717) is 66.6 Å². The molecule has 0 aliphatic carbocycles. The number of carbonyl (C=O) groups excluding carboxylic acids is 8. The molecule has 25 nitrogen and oxygen atoms in total. The molecule has 2 saturated heterocycles. The predicted molar refractivity (Wildman–Crippen MR) is 320 cm³/mol. The maximum Gasteiger partial charge on any atom is 0.315 e. The van der Waals surface area contributed by atoms with Gasteiger partial charge in [0, 0.05) is 96.6 Å². The topological polar surface area (TPSA) is 349 Å². The highest BCUT2D eigenvalue weighted by atomic mass is 32.2. The number of amides is 9. The molecule has 3 aliphatic heterocycles. The van der Waals surface area contributed by atoms with Crippen LogP contribution in [0.15, 0.2) is 91.4 Å². The number of nitrogens with zero attached hydrogens (tertiary/aromatic N) is 3. The van der Waals surface area contributed by atoms with E-state index in [1.54, 1.807) is 23.3 Å². The van der Waals surface area contributed by atoms with E-state index >= 15 is 4.79 Å². The fraction of sp³-hybridized carbons (Fsp3) is 0.467. The van der Waals surface area contributed by atoms with Gasteiger partial charge in [0.05, 0.1) is 50.8 Å². The standard InChI is InChI=1S/C60H75FN14O11S/c61-39-18-16-36(17-19-39)27-46-56(79)67-45(55(62)78)13-7-8-21-75-33-40(73-74-75)30-49(66-53(77)34-86-26-25-85-24-23-84-22-20-63-52(76)15-6-5-14-51-54-50(35-87-51)71-60(83)72-54)59(82)70-48(29-38-32-65-44-12-4-2-10-42(38)44)58(81)69-47(57(80)68-46)28-37-31-64-43-11-3-1-9-41(37)43/h1-4,9-12,16-19,31-33,45-51,54,64-65H,5-8,13-15,20-30,34-35H2,(H2,62,78)(H,63,76)(H,66,77)(H,67,79)(H,68,80)(H,69,81)(H,70,82)(H2,71,72,83)/t45-,46-,47+,48+,49-,50-,51?,54-/m0/s1. The van der Waals surface area contributed by atoms with Crippen LogP contribution in [0.3, 0.4) is 0 Å². The molecule has 6 heterocycles. The zero-order valence-electron chi connectivity index (χ0n) is 48.1. The number of primary amides is 1. The smallest absolute Gasteiger partial charge is 0.315 e. The van der Waals surface area contributed by atoms with Crippen molar-refractivity contribution in [3.63, 3.8) is 0 Å². The van der Waals surface area contributed by atoms with Crippen LogP contribution in [0.25, 0.3) is 21.8 Å². The lowest BCUT2D eigenvalue weighted by Gasteiger charge is -2.27. The lowest BCUT2D eigenvalue weighted by molar-refractivity contribution is -0.135. The van der Waals surface area contributed by atoms with Gasteiger partial charge in [0.2, 0.25) is 41.4 Å². The fourth-order valence-electron chi connectivity index (χ4n) is 10.9. The van der Waals surface area contributed by atoms with Gasteiger partial charge < -0.3 is 72.4 Å². The first-order valence-electron chi connectivity index (χ1n) is 29.4. The number of H-pyrrole nitrogens is 2. The van der Waals surface area contributed by atoms with Crippen LogP contribution in [-0.2, 0) is 80.0 Å². The van der Waals surface area contributed by atoms with Crippen molar-refractivity contribution in [2.24, 2.45) is 5.73 Å². The molecule has 0 radical (unpaired) electrons. The van der Waals surface area contributed by atoms with E-state index in [1.165, 1.54) is 24.3 Å². The number of unbranched alkanes of at least 4 members (excludes halogenated alkanes) is 1. The molecule has 3 aromatic carbocycles. The van der Waals surface area contributed by atoms with Crippen LogP contribution in [0.1, 0.15) is 67.3 Å². The van der Waals surface area contributed by atoms with Gasteiger partial charge in [0.1, 0.15) is 42.6 Å². The number of nitrogens with one attached hydrogen (secondary N) is 10. The molecule has 12 N–H and O–H groups in total. The maximum atomic E-state index is 15.1. The average molecular weight is 1220 g/mol. The number of hydrogen-bond donors (Lipinski definition) is 11. The molecule has 464 valence electrons. The molecule has 3 aromatic heterocycles. The number of carbonyl (C=O) groups is 8. The number of rotatable bonds is 24. The van der Waals surface area contributed by atoms with E-state index in [1.807, 2.05) is 60.3 Å². The molecule has 8 atom stereocenters. The number of hydrogen-bond acceptors (Lipinski definition) is 14. The lowest BCUT2D eigenvalue weighted by Crippen LogP contribution is -2.60. The van der Waals surface area contributed by atoms with Crippen molar-refractivity contribution < 1.29 is 57.0 Å². The van der Waals surface area contributed by atoms with Gasteiger partial charge in [-0.1, -0.05) is 60.2 Å². The first kappa shape index (κ1) is 63.1. The van der Waals surface area contributed by atoms with Crippen molar-refractivity contribution in [2.45, 2.75) is 125 Å². The summed E-state index contributed by atoms with van der Waals surface area (Å²) < 4.78 is 32.5. The Hall–Kier alpha value is -8.40. The third-order valence-electron chi connectivity index (χ3n) is 15.5. The highest BCUT2D eigenvalue weighted by Gasteiger charge is 2.42. The number of para-hydroxylation sites is 2. The summed E-state index contributed by atoms with van der Waals surface area (Å²) in [4.78, 5) is 116. The number of fused-ring (bicyclic) bond motifs is 5. The van der Waals surface area contributed by atoms with Crippen LogP contribution < -0.4 is 48.3 Å². The van der Waals surface area contributed by atoms with Gasteiger partial charge in [-0.3, -0.25) is 38.2 Å². The van der Waals surface area contributed by atoms with E-state index in [9.17, 15) is 38.0 Å². The molecule has 87 heavy (non-hydrogen) atoms. The molecule has 2 bridgehead atoms. The summed E-state index contributed by atoms with van der Waals surface area (Å²) in [6.07, 6.45) is 8.55. The van der Waals surface area contributed by atoms with Gasteiger partial charge in [-0.25, -0.2) is 9.18 Å². The number of ether oxygens (including phenoxy) is 3. The number of aromatic nitrogens is 5. The number of halogens is 1. The SMILES string of the molecule is NC(=O)[C@@H]1CCCCn2cc(nn2)C[C@H](NC(=O)COCCOCCOCCNC(=O)CCCCC2SC[C@@H]3NC(=O)N[C@H]23)C(=O)N[C@H](Cc2c[nH]c3ccccc23)C(=O)N[C@H](Cc2c[nH]c3ccccc23)C(=O)N[C@@H](Cc2ccc(F)cc2)C(=O)N1. The quantitative estimate of drug-likeness (QED) is 0.0303. The first-order chi connectivity index (χ1) is 42.2. The summed E-state index contributed by atoms with van der Waals surface area (Å²) >= 11 is 1.86. The minimum Gasteiger partial charge on any atom is -0.377 e. The van der Waals surface area contributed by atoms with Crippen LogP contribution in [0, 0.1) is 5.82 Å². The number of benzene rings is 3. The Morgan fingerprint density at radius 1 is 0.690 bits per heavy atom. The van der Waals surface area contributed by atoms with Gasteiger partial charge in [-0.15, -0.1) is 5.10 Å². The summed E-state index contributed by atoms with van der Waals surface area (Å²) in [5.41, 5.74) is 9.46. The van der Waals surface area contributed by atoms with Gasteiger partial charge in [0.25, 0.3) is 0 Å². The number of urea groups is 1. The minimum atomic E-state index is -1.39. The third-order valence-corrected chi connectivity index (χ3v) is 17.0. The molecule has 6 aromatic rings. The van der Waals surface area contributed by atoms with E-state index in [2.05, 4.69) is 62.8 Å². The molecule has 27 heteroatoms. The first-order valence-corrected chi connectivity index (χ1v) is 30.5. The van der Waals surface area contributed by atoms with E-state index < -0.39 is 78.1 Å². The van der Waals surface area contributed by atoms with Gasteiger partial charge in [-0.2, -0.15) is 11.8 Å². The molecule has 0 spiro atoms. The Bertz CT molecular complexity index is 3340. The van der Waals surface area contributed by atoms with Gasteiger partial charge in [0.15, 0.2) is 0 Å². The van der Waals surface area contributed by atoms with Gasteiger partial charge in [-0.05, 0) is 73.1 Å². The van der Waals surface area contributed by atoms with Crippen LogP contribution in [-0.4, -0.2) is 172 Å². The van der Waals surface area contributed by atoms with Crippen molar-refractivity contribution in [3.8, 4) is 0 Å². The van der Waals surface area contributed by atoms with E-state index in [0.717, 1.165) is 46.8 Å². The molecule has 9 amide bonds. The highest BCUT2D eigenvalue weighted by molar-refractivity contribution is 8.00. The summed E-state index contributed by atoms with van der Waals surface area (Å²) in [5.74, 6) is -4.19. The van der Waals surface area contributed by atoms with Crippen molar-refractivity contribution in [2.75, 3.05) is 51.9 Å². The number of thioether (sulfide) groups is 1. The second-order valence-corrected chi connectivity index (χ2v) is 23.2. The largest absolute Gasteiger partial charge is 0.377 e. The van der Waals surface area contributed by atoms with Crippen LogP contribution in [0.4, 0.5) is 9.18 Å².